The first-order valence-corrected chi connectivity index (χ1v) is 12.8. The molecular formula is C29H24ClN3O6. The summed E-state index contributed by atoms with van der Waals surface area (Å²) >= 11 is 6.42. The molecule has 4 atom stereocenters. The summed E-state index contributed by atoms with van der Waals surface area (Å²) in [5.41, 5.74) is 0.535. The number of aliphatic carboxylic acids is 1. The van der Waals surface area contributed by atoms with Crippen LogP contribution in [0.1, 0.15) is 17.5 Å². The van der Waals surface area contributed by atoms with Gasteiger partial charge in [0.05, 0.1) is 37.6 Å². The highest BCUT2D eigenvalue weighted by Gasteiger charge is 2.71. The molecule has 3 aliphatic heterocycles. The van der Waals surface area contributed by atoms with Crippen LogP contribution in [0.25, 0.3) is 0 Å². The summed E-state index contributed by atoms with van der Waals surface area (Å²) in [5.74, 6) is -4.30. The Balaban J connectivity index is 1.48. The predicted octanol–water partition coefficient (Wildman–Crippen LogP) is 3.34. The van der Waals surface area contributed by atoms with Gasteiger partial charge in [-0.05, 0) is 42.0 Å². The van der Waals surface area contributed by atoms with Crippen molar-refractivity contribution in [3.8, 4) is 5.75 Å². The largest absolute Gasteiger partial charge is 0.497 e. The molecule has 2 saturated heterocycles. The number of anilines is 2. The summed E-state index contributed by atoms with van der Waals surface area (Å²) in [7, 11) is 1.51. The van der Waals surface area contributed by atoms with E-state index in [-0.39, 0.29) is 6.54 Å². The number of carboxylic acid groups (broad SMARTS) is 1. The van der Waals surface area contributed by atoms with Crippen molar-refractivity contribution in [1.82, 2.24) is 5.32 Å². The molecule has 39 heavy (non-hydrogen) atoms. The average molecular weight is 546 g/mol. The number of benzene rings is 3. The Hall–Kier alpha value is -4.21. The third-order valence-corrected chi connectivity index (χ3v) is 8.25. The van der Waals surface area contributed by atoms with E-state index in [0.717, 1.165) is 4.90 Å². The molecule has 2 fully saturated rings. The number of hydrogen-bond donors (Lipinski definition) is 2. The molecule has 3 aromatic carbocycles. The number of imide groups is 1. The Kier molecular flexibility index (Phi) is 5.93. The molecule has 2 N–H and O–H groups in total. The zero-order valence-corrected chi connectivity index (χ0v) is 21.6. The fourth-order valence-corrected chi connectivity index (χ4v) is 6.45. The summed E-state index contributed by atoms with van der Waals surface area (Å²) in [5, 5.41) is 13.4. The second-order valence-corrected chi connectivity index (χ2v) is 10.3. The van der Waals surface area contributed by atoms with Crippen LogP contribution in [-0.4, -0.2) is 41.9 Å². The van der Waals surface area contributed by atoms with E-state index in [2.05, 4.69) is 5.32 Å². The lowest BCUT2D eigenvalue weighted by molar-refractivity contribution is -0.138. The molecule has 4 unspecified atom stereocenters. The van der Waals surface area contributed by atoms with Gasteiger partial charge in [0, 0.05) is 22.3 Å². The third kappa shape index (κ3) is 3.65. The van der Waals surface area contributed by atoms with Gasteiger partial charge >= 0.3 is 5.97 Å². The number of amides is 3. The Morgan fingerprint density at radius 1 is 1.00 bits per heavy atom. The second-order valence-electron chi connectivity index (χ2n) is 9.87. The van der Waals surface area contributed by atoms with Gasteiger partial charge in [-0.15, -0.1) is 0 Å². The van der Waals surface area contributed by atoms with Gasteiger partial charge in [0.15, 0.2) is 0 Å². The quantitative estimate of drug-likeness (QED) is 0.456. The first-order valence-electron chi connectivity index (χ1n) is 12.4. The summed E-state index contributed by atoms with van der Waals surface area (Å²) < 4.78 is 5.20. The first kappa shape index (κ1) is 25.1. The summed E-state index contributed by atoms with van der Waals surface area (Å²) in [6, 6.07) is 19.8. The maximum Gasteiger partial charge on any atom is 0.304 e. The van der Waals surface area contributed by atoms with Crippen molar-refractivity contribution in [2.75, 3.05) is 16.9 Å². The van der Waals surface area contributed by atoms with Crippen LogP contribution in [0.2, 0.25) is 5.02 Å². The van der Waals surface area contributed by atoms with E-state index in [1.165, 1.54) is 7.11 Å². The number of nitrogens with one attached hydrogen (secondary N) is 1. The van der Waals surface area contributed by atoms with Crippen LogP contribution >= 0.6 is 11.6 Å². The normalized spacial score (nSPS) is 25.4. The third-order valence-electron chi connectivity index (χ3n) is 7.88. The summed E-state index contributed by atoms with van der Waals surface area (Å²) in [4.78, 5) is 56.8. The maximum absolute atomic E-state index is 14.4. The lowest BCUT2D eigenvalue weighted by Gasteiger charge is -2.30. The van der Waals surface area contributed by atoms with Crippen molar-refractivity contribution in [2.24, 2.45) is 11.8 Å². The van der Waals surface area contributed by atoms with Crippen molar-refractivity contribution in [3.63, 3.8) is 0 Å². The van der Waals surface area contributed by atoms with Gasteiger partial charge in [0.1, 0.15) is 11.3 Å². The van der Waals surface area contributed by atoms with Gasteiger partial charge in [-0.1, -0.05) is 48.0 Å². The van der Waals surface area contributed by atoms with Gasteiger partial charge in [-0.25, -0.2) is 4.90 Å². The molecule has 9 nitrogen and oxygen atoms in total. The van der Waals surface area contributed by atoms with Crippen LogP contribution in [0, 0.1) is 11.8 Å². The van der Waals surface area contributed by atoms with E-state index < -0.39 is 53.5 Å². The topological polar surface area (TPSA) is 116 Å². The van der Waals surface area contributed by atoms with Crippen LogP contribution in [-0.2, 0) is 31.3 Å². The number of carbonyl (C=O) groups excluding carboxylic acids is 3. The lowest BCUT2D eigenvalue weighted by atomic mass is 9.76. The number of hydrogen-bond acceptors (Lipinski definition) is 6. The number of halogens is 1. The molecule has 0 saturated carbocycles. The van der Waals surface area contributed by atoms with Crippen LogP contribution in [0.15, 0.2) is 72.8 Å². The molecule has 3 aromatic rings. The predicted molar refractivity (Wildman–Crippen MR) is 142 cm³/mol. The number of rotatable bonds is 6. The molecule has 3 amide bonds. The van der Waals surface area contributed by atoms with Gasteiger partial charge < -0.3 is 14.7 Å². The zero-order valence-electron chi connectivity index (χ0n) is 20.8. The average Bonchev–Trinajstić information content (AvgIpc) is 3.48. The number of carboxylic acids is 1. The molecule has 3 heterocycles. The zero-order chi connectivity index (χ0) is 27.5. The van der Waals surface area contributed by atoms with Crippen LogP contribution < -0.4 is 19.9 Å². The van der Waals surface area contributed by atoms with Gasteiger partial charge in [0.2, 0.25) is 11.8 Å². The van der Waals surface area contributed by atoms with Crippen molar-refractivity contribution in [2.45, 2.75) is 24.5 Å². The summed E-state index contributed by atoms with van der Waals surface area (Å²) in [6.45, 7) is 0.143. The number of fused-ring (bicyclic) bond motifs is 4. The number of nitrogens with zero attached hydrogens (tertiary/aromatic N) is 2. The van der Waals surface area contributed by atoms with Gasteiger partial charge in [0.25, 0.3) is 5.91 Å². The molecule has 10 heteroatoms. The number of para-hydroxylation sites is 1. The number of carbonyl (C=O) groups is 4. The Morgan fingerprint density at radius 2 is 1.69 bits per heavy atom. The minimum Gasteiger partial charge on any atom is -0.497 e. The van der Waals surface area contributed by atoms with Crippen LogP contribution in [0.3, 0.4) is 0 Å². The van der Waals surface area contributed by atoms with Crippen molar-refractivity contribution in [1.29, 1.82) is 0 Å². The molecule has 0 aliphatic carbocycles. The molecule has 0 aromatic heterocycles. The smallest absolute Gasteiger partial charge is 0.304 e. The highest BCUT2D eigenvalue weighted by Crippen LogP contribution is 2.55. The molecule has 6 rings (SSSR count). The second kappa shape index (κ2) is 9.21. The van der Waals surface area contributed by atoms with E-state index in [1.54, 1.807) is 65.6 Å². The number of methoxy groups -OCH3 is 1. The monoisotopic (exact) mass is 545 g/mol. The SMILES string of the molecule is COc1ccc(N2C(=O)C3C(CC(=O)O)NC4(C(=O)N(Cc5ccccc5Cl)c5ccccc54)C3C2=O)cc1. The highest BCUT2D eigenvalue weighted by atomic mass is 35.5. The summed E-state index contributed by atoms with van der Waals surface area (Å²) in [6.07, 6.45) is -0.432. The minimum atomic E-state index is -1.61. The highest BCUT2D eigenvalue weighted by molar-refractivity contribution is 6.31. The Labute approximate surface area is 228 Å². The minimum absolute atomic E-state index is 0.143. The van der Waals surface area contributed by atoms with E-state index in [0.29, 0.717) is 33.3 Å². The van der Waals surface area contributed by atoms with Gasteiger partial charge in [-0.2, -0.15) is 0 Å². The Morgan fingerprint density at radius 3 is 2.38 bits per heavy atom. The van der Waals surface area contributed by atoms with Crippen molar-refractivity contribution >= 4 is 46.7 Å². The molecule has 3 aliphatic rings. The van der Waals surface area contributed by atoms with E-state index in [9.17, 15) is 24.3 Å². The molecule has 1 spiro atoms. The van der Waals surface area contributed by atoms with Crippen molar-refractivity contribution < 1.29 is 29.0 Å². The Bertz CT molecular complexity index is 1530. The van der Waals surface area contributed by atoms with E-state index in [1.807, 2.05) is 12.1 Å². The fraction of sp³-hybridized carbons (Fsp3) is 0.241. The molecule has 0 bridgehead atoms. The van der Waals surface area contributed by atoms with E-state index >= 15 is 0 Å². The fourth-order valence-electron chi connectivity index (χ4n) is 6.25. The van der Waals surface area contributed by atoms with Crippen LogP contribution in [0.4, 0.5) is 11.4 Å². The number of ether oxygens (including phenoxy) is 1. The molecule has 0 radical (unpaired) electrons. The maximum atomic E-state index is 14.4. The lowest BCUT2D eigenvalue weighted by Crippen LogP contribution is -2.55. The first-order chi connectivity index (χ1) is 18.8. The van der Waals surface area contributed by atoms with Crippen molar-refractivity contribution in [3.05, 3.63) is 88.9 Å². The molecular weight excluding hydrogens is 522 g/mol. The standard InChI is InChI=1S/C29H24ClN3O6/c1-39-18-12-10-17(11-13-18)33-26(36)24-21(14-23(34)35)31-29(25(24)27(33)37)19-7-3-5-9-22(19)32(28(29)38)15-16-6-2-4-8-20(16)30/h2-13,21,24-25,31H,14-15H2,1H3,(H,34,35). The van der Waals surface area contributed by atoms with Crippen LogP contribution in [0.5, 0.6) is 5.75 Å². The van der Waals surface area contributed by atoms with E-state index in [4.69, 9.17) is 16.3 Å². The molecule has 198 valence electrons. The van der Waals surface area contributed by atoms with Gasteiger partial charge in [-0.3, -0.25) is 24.5 Å².